The van der Waals surface area contributed by atoms with E-state index < -0.39 is 12.1 Å². The van der Waals surface area contributed by atoms with Crippen LogP contribution in [0.1, 0.15) is 5.76 Å². The summed E-state index contributed by atoms with van der Waals surface area (Å²) in [5.74, 6) is -0.860. The third kappa shape index (κ3) is 6.59. The number of ether oxygens (including phenoxy) is 1. The third-order valence-electron chi connectivity index (χ3n) is 2.41. The summed E-state index contributed by atoms with van der Waals surface area (Å²) >= 11 is 1.09. The molecule has 1 atom stereocenters. The Bertz CT molecular complexity index is 533. The Kier molecular flexibility index (Phi) is 7.40. The largest absolute Gasteiger partial charge is 0.479 e. The van der Waals surface area contributed by atoms with Crippen molar-refractivity contribution in [2.45, 2.75) is 13.0 Å². The Morgan fingerprint density at radius 3 is 2.64 bits per heavy atom. The molecule has 0 saturated heterocycles. The molecule has 0 aliphatic heterocycles. The van der Waals surface area contributed by atoms with Gasteiger partial charge in [0.1, 0.15) is 5.76 Å². The SMILES string of the molecule is COC(CNC(=O)CSCC(=O)Nc1cc(C)on1)C(=O)O. The Labute approximate surface area is 130 Å². The lowest BCUT2D eigenvalue weighted by Crippen LogP contribution is -2.38. The van der Waals surface area contributed by atoms with Crippen LogP contribution in [0.2, 0.25) is 0 Å². The molecule has 0 saturated carbocycles. The van der Waals surface area contributed by atoms with Crippen molar-refractivity contribution in [2.75, 3.05) is 30.5 Å². The Hall–Kier alpha value is -2.07. The van der Waals surface area contributed by atoms with E-state index in [1.54, 1.807) is 13.0 Å². The first-order chi connectivity index (χ1) is 10.4. The van der Waals surface area contributed by atoms with Crippen LogP contribution >= 0.6 is 11.8 Å². The van der Waals surface area contributed by atoms with Crippen molar-refractivity contribution in [1.82, 2.24) is 10.5 Å². The van der Waals surface area contributed by atoms with Gasteiger partial charge in [0.25, 0.3) is 0 Å². The summed E-state index contributed by atoms with van der Waals surface area (Å²) in [6.45, 7) is 1.57. The summed E-state index contributed by atoms with van der Waals surface area (Å²) in [5, 5.41) is 17.3. The molecule has 9 nitrogen and oxygen atoms in total. The molecule has 22 heavy (non-hydrogen) atoms. The van der Waals surface area contributed by atoms with Crippen molar-refractivity contribution in [3.05, 3.63) is 11.8 Å². The minimum absolute atomic E-state index is 0.0291. The lowest BCUT2D eigenvalue weighted by atomic mass is 10.3. The summed E-state index contributed by atoms with van der Waals surface area (Å²) in [5.41, 5.74) is 0. The molecule has 0 fully saturated rings. The third-order valence-corrected chi connectivity index (χ3v) is 3.34. The van der Waals surface area contributed by atoms with Crippen LogP contribution in [0, 0.1) is 6.92 Å². The second kappa shape index (κ2) is 9.05. The predicted molar refractivity (Wildman–Crippen MR) is 78.6 cm³/mol. The number of hydrogen-bond donors (Lipinski definition) is 3. The monoisotopic (exact) mass is 331 g/mol. The molecule has 0 aliphatic carbocycles. The van der Waals surface area contributed by atoms with E-state index >= 15 is 0 Å². The number of aryl methyl sites for hydroxylation is 1. The van der Waals surface area contributed by atoms with Crippen molar-refractivity contribution in [2.24, 2.45) is 0 Å². The van der Waals surface area contributed by atoms with Gasteiger partial charge >= 0.3 is 5.97 Å². The van der Waals surface area contributed by atoms with Gasteiger partial charge in [0.15, 0.2) is 11.9 Å². The smallest absolute Gasteiger partial charge is 0.334 e. The number of anilines is 1. The van der Waals surface area contributed by atoms with Crippen LogP contribution in [0.5, 0.6) is 0 Å². The number of carbonyl (C=O) groups is 3. The van der Waals surface area contributed by atoms with Crippen LogP contribution in [-0.4, -0.2) is 59.3 Å². The number of nitrogens with one attached hydrogen (secondary N) is 2. The molecule has 1 heterocycles. The standard InChI is InChI=1S/C12H17N3O6S/c1-7-3-9(15-21-7)14-11(17)6-22-5-10(16)13-4-8(20-2)12(18)19/h3,8H,4-6H2,1-2H3,(H,13,16)(H,18,19)(H,14,15,17). The van der Waals surface area contributed by atoms with Gasteiger partial charge in [-0.15, -0.1) is 11.8 Å². The quantitative estimate of drug-likeness (QED) is 0.570. The topological polar surface area (TPSA) is 131 Å². The lowest BCUT2D eigenvalue weighted by molar-refractivity contribution is -0.148. The number of aromatic nitrogens is 1. The number of carbonyl (C=O) groups excluding carboxylic acids is 2. The number of hydrogen-bond acceptors (Lipinski definition) is 7. The van der Waals surface area contributed by atoms with Crippen LogP contribution in [0.3, 0.4) is 0 Å². The average molecular weight is 331 g/mol. The van der Waals surface area contributed by atoms with Gasteiger partial charge in [-0.2, -0.15) is 0 Å². The zero-order chi connectivity index (χ0) is 16.5. The van der Waals surface area contributed by atoms with Crippen molar-refractivity contribution < 1.29 is 28.8 Å². The Morgan fingerprint density at radius 2 is 2.09 bits per heavy atom. The number of carboxylic acids is 1. The molecule has 10 heteroatoms. The number of rotatable bonds is 9. The zero-order valence-electron chi connectivity index (χ0n) is 12.1. The van der Waals surface area contributed by atoms with Crippen molar-refractivity contribution >= 4 is 35.4 Å². The molecule has 0 bridgehead atoms. The Balaban J connectivity index is 2.19. The fourth-order valence-corrected chi connectivity index (χ4v) is 2.02. The number of aliphatic carboxylic acids is 1. The van der Waals surface area contributed by atoms with Gasteiger partial charge in [-0.25, -0.2) is 4.79 Å². The second-order valence-electron chi connectivity index (χ2n) is 4.23. The number of methoxy groups -OCH3 is 1. The normalized spacial score (nSPS) is 11.7. The van der Waals surface area contributed by atoms with E-state index in [2.05, 4.69) is 20.5 Å². The minimum atomic E-state index is -1.15. The van der Waals surface area contributed by atoms with Crippen LogP contribution in [0.4, 0.5) is 5.82 Å². The first-order valence-corrected chi connectivity index (χ1v) is 7.41. The van der Waals surface area contributed by atoms with E-state index in [1.807, 2.05) is 0 Å². The van der Waals surface area contributed by atoms with Gasteiger partial charge in [0, 0.05) is 13.2 Å². The summed E-state index contributed by atoms with van der Waals surface area (Å²) < 4.78 is 9.47. The van der Waals surface area contributed by atoms with Gasteiger partial charge in [0.2, 0.25) is 11.8 Å². The molecule has 1 rings (SSSR count). The predicted octanol–water partition coefficient (Wildman–Crippen LogP) is -0.129. The van der Waals surface area contributed by atoms with E-state index in [-0.39, 0.29) is 29.9 Å². The average Bonchev–Trinajstić information content (AvgIpc) is 2.84. The fraction of sp³-hybridized carbons (Fsp3) is 0.500. The second-order valence-corrected chi connectivity index (χ2v) is 5.22. The van der Waals surface area contributed by atoms with E-state index in [4.69, 9.17) is 9.63 Å². The minimum Gasteiger partial charge on any atom is -0.479 e. The molecular weight excluding hydrogens is 314 g/mol. The van der Waals surface area contributed by atoms with Crippen molar-refractivity contribution in [3.63, 3.8) is 0 Å². The molecule has 1 aromatic heterocycles. The molecule has 0 radical (unpaired) electrons. The van der Waals surface area contributed by atoms with E-state index in [0.717, 1.165) is 11.8 Å². The van der Waals surface area contributed by atoms with Gasteiger partial charge in [-0.1, -0.05) is 5.16 Å². The van der Waals surface area contributed by atoms with E-state index in [0.29, 0.717) is 11.6 Å². The highest BCUT2D eigenvalue weighted by Gasteiger charge is 2.17. The molecule has 2 amide bonds. The molecule has 0 spiro atoms. The number of amides is 2. The van der Waals surface area contributed by atoms with Crippen molar-refractivity contribution in [3.8, 4) is 0 Å². The summed E-state index contributed by atoms with van der Waals surface area (Å²) in [6.07, 6.45) is -1.09. The molecule has 1 unspecified atom stereocenters. The molecule has 1 aromatic rings. The first kappa shape index (κ1) is 18.0. The molecule has 3 N–H and O–H groups in total. The maximum atomic E-state index is 11.6. The molecular formula is C12H17N3O6S. The maximum absolute atomic E-state index is 11.6. The van der Waals surface area contributed by atoms with Gasteiger partial charge in [-0.3, -0.25) is 9.59 Å². The molecule has 0 aliphatic rings. The molecule has 0 aromatic carbocycles. The van der Waals surface area contributed by atoms with E-state index in [1.165, 1.54) is 7.11 Å². The van der Waals surface area contributed by atoms with Crippen LogP contribution in [-0.2, 0) is 19.1 Å². The van der Waals surface area contributed by atoms with E-state index in [9.17, 15) is 14.4 Å². The maximum Gasteiger partial charge on any atom is 0.334 e. The van der Waals surface area contributed by atoms with Gasteiger partial charge in [0.05, 0.1) is 18.1 Å². The van der Waals surface area contributed by atoms with Gasteiger partial charge < -0.3 is 25.0 Å². The number of thioether (sulfide) groups is 1. The number of nitrogens with zero attached hydrogens (tertiary/aromatic N) is 1. The van der Waals surface area contributed by atoms with Gasteiger partial charge in [-0.05, 0) is 6.92 Å². The Morgan fingerprint density at radius 1 is 1.41 bits per heavy atom. The lowest BCUT2D eigenvalue weighted by Gasteiger charge is -2.11. The highest BCUT2D eigenvalue weighted by molar-refractivity contribution is 8.00. The first-order valence-electron chi connectivity index (χ1n) is 6.25. The zero-order valence-corrected chi connectivity index (χ0v) is 12.9. The summed E-state index contributed by atoms with van der Waals surface area (Å²) in [6, 6.07) is 1.58. The van der Waals surface area contributed by atoms with Crippen LogP contribution in [0.25, 0.3) is 0 Å². The summed E-state index contributed by atoms with van der Waals surface area (Å²) in [7, 11) is 1.25. The fourth-order valence-electron chi connectivity index (χ4n) is 1.37. The van der Waals surface area contributed by atoms with Crippen LogP contribution < -0.4 is 10.6 Å². The highest BCUT2D eigenvalue weighted by atomic mass is 32.2. The highest BCUT2D eigenvalue weighted by Crippen LogP contribution is 2.08. The number of carboxylic acid groups (broad SMARTS) is 1. The van der Waals surface area contributed by atoms with Crippen molar-refractivity contribution in [1.29, 1.82) is 0 Å². The molecule has 122 valence electrons. The summed E-state index contributed by atoms with van der Waals surface area (Å²) in [4.78, 5) is 33.7. The van der Waals surface area contributed by atoms with Crippen LogP contribution in [0.15, 0.2) is 10.6 Å².